The number of nitrogens with one attached hydrogen (secondary N) is 1. The number of rotatable bonds is 3. The summed E-state index contributed by atoms with van der Waals surface area (Å²) in [6.07, 6.45) is 1.39. The zero-order valence-corrected chi connectivity index (χ0v) is 12.1. The van der Waals surface area contributed by atoms with Crippen LogP contribution in [0.5, 0.6) is 5.75 Å². The zero-order valence-electron chi connectivity index (χ0n) is 12.1. The molecule has 0 saturated heterocycles. The smallest absolute Gasteiger partial charge is 0.312 e. The van der Waals surface area contributed by atoms with Crippen LogP contribution in [0, 0.1) is 10.1 Å². The molecule has 0 aliphatic heterocycles. The number of nitrogens with zero attached hydrogens (tertiary/aromatic N) is 3. The molecule has 24 heavy (non-hydrogen) atoms. The second-order valence-electron chi connectivity index (χ2n) is 5.08. The van der Waals surface area contributed by atoms with E-state index in [0.29, 0.717) is 28.2 Å². The van der Waals surface area contributed by atoms with Gasteiger partial charge in [0.25, 0.3) is 0 Å². The molecule has 8 nitrogen and oxygen atoms in total. The van der Waals surface area contributed by atoms with Crippen LogP contribution in [0.25, 0.3) is 22.1 Å². The number of anilines is 2. The SMILES string of the molecule is O=[N+]([O-])c1cc(Nc2ncnc3c2oc2ccccc23)ccc1O. The first kappa shape index (κ1) is 13.9. The van der Waals surface area contributed by atoms with Crippen LogP contribution in [0.4, 0.5) is 17.2 Å². The first-order valence-corrected chi connectivity index (χ1v) is 7.00. The second-order valence-corrected chi connectivity index (χ2v) is 5.08. The fraction of sp³-hybridized carbons (Fsp3) is 0. The van der Waals surface area contributed by atoms with E-state index in [4.69, 9.17) is 4.42 Å². The average Bonchev–Trinajstić information content (AvgIpc) is 2.96. The van der Waals surface area contributed by atoms with E-state index in [9.17, 15) is 15.2 Å². The van der Waals surface area contributed by atoms with E-state index < -0.39 is 16.4 Å². The summed E-state index contributed by atoms with van der Waals surface area (Å²) < 4.78 is 5.79. The number of aromatic nitrogens is 2. The van der Waals surface area contributed by atoms with Gasteiger partial charge in [-0.1, -0.05) is 12.1 Å². The van der Waals surface area contributed by atoms with Crippen LogP contribution in [0.1, 0.15) is 0 Å². The van der Waals surface area contributed by atoms with Crippen molar-refractivity contribution >= 4 is 39.3 Å². The molecule has 0 bridgehead atoms. The lowest BCUT2D eigenvalue weighted by Crippen LogP contribution is -1.96. The van der Waals surface area contributed by atoms with E-state index in [1.165, 1.54) is 24.5 Å². The Bertz CT molecular complexity index is 1090. The molecule has 0 unspecified atom stereocenters. The third-order valence-corrected chi connectivity index (χ3v) is 3.59. The number of phenols is 1. The van der Waals surface area contributed by atoms with Gasteiger partial charge in [-0.25, -0.2) is 9.97 Å². The predicted molar refractivity (Wildman–Crippen MR) is 87.4 cm³/mol. The Balaban J connectivity index is 1.83. The standard InChI is InChI=1S/C16H10N4O4/c21-12-6-5-9(7-11(12)20(22)23)19-16-15-14(17-8-18-16)10-3-1-2-4-13(10)24-15/h1-8,21H,(H,17,18,19). The van der Waals surface area contributed by atoms with Gasteiger partial charge in [0, 0.05) is 17.1 Å². The first-order valence-electron chi connectivity index (χ1n) is 7.00. The van der Waals surface area contributed by atoms with E-state index in [1.54, 1.807) is 0 Å². The molecule has 2 heterocycles. The van der Waals surface area contributed by atoms with Gasteiger partial charge in [-0.2, -0.15) is 0 Å². The van der Waals surface area contributed by atoms with Crippen LogP contribution in [0.15, 0.2) is 53.2 Å². The second kappa shape index (κ2) is 5.20. The Kier molecular flexibility index (Phi) is 3.02. The lowest BCUT2D eigenvalue weighted by atomic mass is 10.2. The van der Waals surface area contributed by atoms with Crippen LogP contribution in [0.2, 0.25) is 0 Å². The molecule has 0 atom stereocenters. The largest absolute Gasteiger partial charge is 0.502 e. The highest BCUT2D eigenvalue weighted by atomic mass is 16.6. The van der Waals surface area contributed by atoms with Gasteiger partial charge in [0.2, 0.25) is 0 Å². The maximum atomic E-state index is 10.9. The summed E-state index contributed by atoms with van der Waals surface area (Å²) in [6, 6.07) is 11.4. The van der Waals surface area contributed by atoms with Crippen molar-refractivity contribution in [3.63, 3.8) is 0 Å². The summed E-state index contributed by atoms with van der Waals surface area (Å²) >= 11 is 0. The van der Waals surface area contributed by atoms with Crippen molar-refractivity contribution in [3.8, 4) is 5.75 Å². The Morgan fingerprint density at radius 3 is 2.83 bits per heavy atom. The normalized spacial score (nSPS) is 11.0. The molecule has 0 spiro atoms. The maximum absolute atomic E-state index is 10.9. The highest BCUT2D eigenvalue weighted by Gasteiger charge is 2.16. The van der Waals surface area contributed by atoms with Gasteiger partial charge < -0.3 is 14.8 Å². The van der Waals surface area contributed by atoms with Gasteiger partial charge in [0.15, 0.2) is 17.2 Å². The van der Waals surface area contributed by atoms with Crippen molar-refractivity contribution in [2.24, 2.45) is 0 Å². The van der Waals surface area contributed by atoms with E-state index in [-0.39, 0.29) is 0 Å². The lowest BCUT2D eigenvalue weighted by Gasteiger charge is -2.06. The summed E-state index contributed by atoms with van der Waals surface area (Å²) in [5.74, 6) is -0.0155. The van der Waals surface area contributed by atoms with Crippen molar-refractivity contribution in [2.75, 3.05) is 5.32 Å². The number of furan rings is 1. The molecule has 0 amide bonds. The number of aromatic hydroxyl groups is 1. The van der Waals surface area contributed by atoms with Crippen molar-refractivity contribution in [1.82, 2.24) is 9.97 Å². The van der Waals surface area contributed by atoms with Crippen LogP contribution >= 0.6 is 0 Å². The van der Waals surface area contributed by atoms with Gasteiger partial charge in [0.1, 0.15) is 17.4 Å². The summed E-state index contributed by atoms with van der Waals surface area (Å²) in [5, 5.41) is 24.3. The monoisotopic (exact) mass is 322 g/mol. The highest BCUT2D eigenvalue weighted by Crippen LogP contribution is 2.34. The van der Waals surface area contributed by atoms with Crippen LogP contribution in [0.3, 0.4) is 0 Å². The van der Waals surface area contributed by atoms with Gasteiger partial charge in [-0.15, -0.1) is 0 Å². The van der Waals surface area contributed by atoms with Gasteiger partial charge in [0.05, 0.1) is 4.92 Å². The summed E-state index contributed by atoms with van der Waals surface area (Å²) in [5.41, 5.74) is 1.79. The summed E-state index contributed by atoms with van der Waals surface area (Å²) in [7, 11) is 0. The van der Waals surface area contributed by atoms with Crippen molar-refractivity contribution < 1.29 is 14.4 Å². The number of nitro benzene ring substituents is 1. The molecule has 8 heteroatoms. The number of nitro groups is 1. The van der Waals surface area contributed by atoms with Crippen molar-refractivity contribution in [1.29, 1.82) is 0 Å². The molecule has 4 aromatic rings. The van der Waals surface area contributed by atoms with Gasteiger partial charge in [-0.3, -0.25) is 10.1 Å². The average molecular weight is 322 g/mol. The number of hydrogen-bond donors (Lipinski definition) is 2. The van der Waals surface area contributed by atoms with Crippen molar-refractivity contribution in [3.05, 3.63) is 58.9 Å². The predicted octanol–water partition coefficient (Wildman–Crippen LogP) is 3.73. The molecule has 2 aromatic heterocycles. The number of para-hydroxylation sites is 1. The lowest BCUT2D eigenvalue weighted by molar-refractivity contribution is -0.385. The molecule has 0 aliphatic rings. The minimum absolute atomic E-state index is 0.385. The maximum Gasteiger partial charge on any atom is 0.312 e. The van der Waals surface area contributed by atoms with Crippen molar-refractivity contribution in [2.45, 2.75) is 0 Å². The molecule has 2 aromatic carbocycles. The van der Waals surface area contributed by atoms with Gasteiger partial charge in [-0.05, 0) is 24.3 Å². The molecule has 0 saturated carbocycles. The highest BCUT2D eigenvalue weighted by molar-refractivity contribution is 6.05. The zero-order chi connectivity index (χ0) is 16.7. The van der Waals surface area contributed by atoms with Gasteiger partial charge >= 0.3 is 5.69 Å². The molecular formula is C16H10N4O4. The number of benzene rings is 2. The topological polar surface area (TPSA) is 114 Å². The quantitative estimate of drug-likeness (QED) is 0.335. The fourth-order valence-corrected chi connectivity index (χ4v) is 2.50. The van der Waals surface area contributed by atoms with E-state index in [0.717, 1.165) is 5.39 Å². The Morgan fingerprint density at radius 1 is 1.17 bits per heavy atom. The summed E-state index contributed by atoms with van der Waals surface area (Å²) in [6.45, 7) is 0. The minimum atomic E-state index is -0.655. The number of fused-ring (bicyclic) bond motifs is 3. The molecule has 118 valence electrons. The number of phenolic OH excluding ortho intramolecular Hbond substituents is 1. The molecule has 4 rings (SSSR count). The Hall–Kier alpha value is -3.68. The van der Waals surface area contributed by atoms with E-state index in [2.05, 4.69) is 15.3 Å². The summed E-state index contributed by atoms with van der Waals surface area (Å²) in [4.78, 5) is 18.7. The van der Waals surface area contributed by atoms with Crippen LogP contribution in [-0.2, 0) is 0 Å². The minimum Gasteiger partial charge on any atom is -0.502 e. The number of hydrogen-bond acceptors (Lipinski definition) is 7. The Labute approximate surface area is 134 Å². The molecular weight excluding hydrogens is 312 g/mol. The molecule has 0 fully saturated rings. The Morgan fingerprint density at radius 2 is 2.00 bits per heavy atom. The fourth-order valence-electron chi connectivity index (χ4n) is 2.50. The van der Waals surface area contributed by atoms with Crippen LogP contribution < -0.4 is 5.32 Å². The van der Waals surface area contributed by atoms with E-state index >= 15 is 0 Å². The van der Waals surface area contributed by atoms with E-state index in [1.807, 2.05) is 24.3 Å². The van der Waals surface area contributed by atoms with Crippen LogP contribution in [-0.4, -0.2) is 20.0 Å². The molecule has 0 aliphatic carbocycles. The molecule has 0 radical (unpaired) electrons. The first-order chi connectivity index (χ1) is 11.6. The third-order valence-electron chi connectivity index (χ3n) is 3.59. The molecule has 2 N–H and O–H groups in total. The third kappa shape index (κ3) is 2.17.